The van der Waals surface area contributed by atoms with Gasteiger partial charge in [-0.25, -0.2) is 0 Å². The molecule has 0 aliphatic heterocycles. The lowest BCUT2D eigenvalue weighted by molar-refractivity contribution is 0.653. The van der Waals surface area contributed by atoms with E-state index in [1.54, 1.807) is 0 Å². The number of thiocarbonyl (C=S) groups is 1. The van der Waals surface area contributed by atoms with E-state index in [-0.39, 0.29) is 0 Å². The highest BCUT2D eigenvalue weighted by molar-refractivity contribution is 7.80. The van der Waals surface area contributed by atoms with Crippen molar-refractivity contribution in [2.24, 2.45) is 0 Å². The molecule has 2 N–H and O–H groups in total. The molecular weight excluding hydrogens is 280 g/mol. The van der Waals surface area contributed by atoms with E-state index in [4.69, 9.17) is 12.2 Å². The van der Waals surface area contributed by atoms with Crippen molar-refractivity contribution in [2.45, 2.75) is 40.8 Å². The van der Waals surface area contributed by atoms with Crippen molar-refractivity contribution in [3.05, 3.63) is 46.8 Å². The monoisotopic (exact) mass is 302 g/mol. The van der Waals surface area contributed by atoms with Crippen LogP contribution in [-0.2, 0) is 13.1 Å². The van der Waals surface area contributed by atoms with Gasteiger partial charge >= 0.3 is 0 Å². The molecule has 0 bridgehead atoms. The number of aromatic nitrogens is 2. The number of hydrogen-bond donors (Lipinski definition) is 2. The summed E-state index contributed by atoms with van der Waals surface area (Å²) < 4.78 is 1.94. The Bertz CT molecular complexity index is 625. The standard InChI is InChI=1S/C16H22N4S/c1-5-20-10-14(13(4)19-20)9-17-16(21)18-15-7-11(2)6-12(3)8-15/h6-8,10H,5,9H2,1-4H3,(H2,17,18,21). The molecule has 0 aliphatic rings. The van der Waals surface area contributed by atoms with E-state index in [0.29, 0.717) is 11.7 Å². The zero-order chi connectivity index (χ0) is 15.4. The van der Waals surface area contributed by atoms with Crippen LogP contribution in [0.3, 0.4) is 0 Å². The molecule has 5 heteroatoms. The number of rotatable bonds is 4. The topological polar surface area (TPSA) is 41.9 Å². The predicted molar refractivity (Wildman–Crippen MR) is 91.6 cm³/mol. The fourth-order valence-electron chi connectivity index (χ4n) is 2.29. The molecule has 0 spiro atoms. The van der Waals surface area contributed by atoms with Crippen LogP contribution >= 0.6 is 12.2 Å². The summed E-state index contributed by atoms with van der Waals surface area (Å²) in [6, 6.07) is 6.31. The van der Waals surface area contributed by atoms with Gasteiger partial charge < -0.3 is 10.6 Å². The minimum atomic E-state index is 0.628. The van der Waals surface area contributed by atoms with Crippen LogP contribution in [0.25, 0.3) is 0 Å². The van der Waals surface area contributed by atoms with Gasteiger partial charge in [-0.3, -0.25) is 4.68 Å². The Kier molecular flexibility index (Phi) is 4.96. The van der Waals surface area contributed by atoms with Crippen LogP contribution in [0.2, 0.25) is 0 Å². The molecule has 0 radical (unpaired) electrons. The maximum absolute atomic E-state index is 5.35. The summed E-state index contributed by atoms with van der Waals surface area (Å²) in [5.41, 5.74) is 5.67. The second-order valence-corrected chi connectivity index (χ2v) is 5.69. The summed E-state index contributed by atoms with van der Waals surface area (Å²) in [5, 5.41) is 11.5. The summed E-state index contributed by atoms with van der Waals surface area (Å²) in [5.74, 6) is 0. The zero-order valence-electron chi connectivity index (χ0n) is 13.0. The first-order valence-electron chi connectivity index (χ1n) is 7.14. The van der Waals surface area contributed by atoms with Crippen molar-refractivity contribution < 1.29 is 0 Å². The van der Waals surface area contributed by atoms with Crippen molar-refractivity contribution in [1.82, 2.24) is 15.1 Å². The third kappa shape index (κ3) is 4.29. The number of benzene rings is 1. The van der Waals surface area contributed by atoms with E-state index in [9.17, 15) is 0 Å². The maximum atomic E-state index is 5.35. The third-order valence-corrected chi connectivity index (χ3v) is 3.54. The predicted octanol–water partition coefficient (Wildman–Crippen LogP) is 3.31. The average Bonchev–Trinajstić information content (AvgIpc) is 2.76. The van der Waals surface area contributed by atoms with Crippen molar-refractivity contribution in [2.75, 3.05) is 5.32 Å². The van der Waals surface area contributed by atoms with E-state index in [1.807, 2.05) is 11.6 Å². The van der Waals surface area contributed by atoms with E-state index in [2.05, 4.69) is 60.9 Å². The van der Waals surface area contributed by atoms with E-state index < -0.39 is 0 Å². The van der Waals surface area contributed by atoms with Gasteiger partial charge in [-0.15, -0.1) is 0 Å². The minimum absolute atomic E-state index is 0.628. The minimum Gasteiger partial charge on any atom is -0.358 e. The second kappa shape index (κ2) is 6.72. The smallest absolute Gasteiger partial charge is 0.171 e. The Morgan fingerprint density at radius 3 is 2.43 bits per heavy atom. The summed E-state index contributed by atoms with van der Waals surface area (Å²) in [6.07, 6.45) is 2.06. The SMILES string of the molecule is CCn1cc(CNC(=S)Nc2cc(C)cc(C)c2)c(C)n1. The molecule has 112 valence electrons. The summed E-state index contributed by atoms with van der Waals surface area (Å²) in [7, 11) is 0. The number of nitrogens with zero attached hydrogens (tertiary/aromatic N) is 2. The van der Waals surface area contributed by atoms with Crippen molar-refractivity contribution >= 4 is 23.0 Å². The highest BCUT2D eigenvalue weighted by Crippen LogP contribution is 2.13. The number of anilines is 1. The van der Waals surface area contributed by atoms with Gasteiger partial charge in [0, 0.05) is 30.5 Å². The highest BCUT2D eigenvalue weighted by Gasteiger charge is 2.05. The lowest BCUT2D eigenvalue weighted by Gasteiger charge is -2.11. The van der Waals surface area contributed by atoms with Gasteiger partial charge in [-0.2, -0.15) is 5.10 Å². The molecule has 0 saturated carbocycles. The molecule has 21 heavy (non-hydrogen) atoms. The molecule has 1 aromatic carbocycles. The molecule has 1 aromatic heterocycles. The van der Waals surface area contributed by atoms with Crippen LogP contribution in [0.1, 0.15) is 29.3 Å². The first-order valence-corrected chi connectivity index (χ1v) is 7.55. The van der Waals surface area contributed by atoms with Crippen LogP contribution in [-0.4, -0.2) is 14.9 Å². The number of aryl methyl sites for hydroxylation is 4. The largest absolute Gasteiger partial charge is 0.358 e. The highest BCUT2D eigenvalue weighted by atomic mass is 32.1. The molecule has 0 aliphatic carbocycles. The summed E-state index contributed by atoms with van der Waals surface area (Å²) >= 11 is 5.35. The quantitative estimate of drug-likeness (QED) is 0.850. The molecule has 2 rings (SSSR count). The summed E-state index contributed by atoms with van der Waals surface area (Å²) in [4.78, 5) is 0. The van der Waals surface area contributed by atoms with Crippen LogP contribution in [0.15, 0.2) is 24.4 Å². The van der Waals surface area contributed by atoms with E-state index >= 15 is 0 Å². The van der Waals surface area contributed by atoms with Crippen LogP contribution in [0, 0.1) is 20.8 Å². The molecule has 0 fully saturated rings. The molecule has 0 atom stereocenters. The van der Waals surface area contributed by atoms with E-state index in [0.717, 1.165) is 17.9 Å². The first-order chi connectivity index (χ1) is 9.97. The maximum Gasteiger partial charge on any atom is 0.171 e. The van der Waals surface area contributed by atoms with Crippen LogP contribution in [0.4, 0.5) is 5.69 Å². The lowest BCUT2D eigenvalue weighted by Crippen LogP contribution is -2.28. The van der Waals surface area contributed by atoms with Gasteiger partial charge in [0.2, 0.25) is 0 Å². The van der Waals surface area contributed by atoms with Crippen molar-refractivity contribution in [3.8, 4) is 0 Å². The molecule has 0 unspecified atom stereocenters. The zero-order valence-corrected chi connectivity index (χ0v) is 13.8. The van der Waals surface area contributed by atoms with Crippen LogP contribution in [0.5, 0.6) is 0 Å². The average molecular weight is 302 g/mol. The van der Waals surface area contributed by atoms with Crippen molar-refractivity contribution in [1.29, 1.82) is 0 Å². The fraction of sp³-hybridized carbons (Fsp3) is 0.375. The molecule has 2 aromatic rings. The van der Waals surface area contributed by atoms with Crippen molar-refractivity contribution in [3.63, 3.8) is 0 Å². The second-order valence-electron chi connectivity index (χ2n) is 5.28. The molecule has 1 heterocycles. The van der Waals surface area contributed by atoms with Gasteiger partial charge in [-0.05, 0) is 63.2 Å². The van der Waals surface area contributed by atoms with E-state index in [1.165, 1.54) is 16.7 Å². The Hall–Kier alpha value is -1.88. The van der Waals surface area contributed by atoms with Gasteiger partial charge in [-0.1, -0.05) is 6.07 Å². The van der Waals surface area contributed by atoms with Crippen LogP contribution < -0.4 is 10.6 Å². The van der Waals surface area contributed by atoms with Gasteiger partial charge in [0.15, 0.2) is 5.11 Å². The van der Waals surface area contributed by atoms with Gasteiger partial charge in [0.05, 0.1) is 5.69 Å². The summed E-state index contributed by atoms with van der Waals surface area (Å²) in [6.45, 7) is 9.82. The fourth-order valence-corrected chi connectivity index (χ4v) is 2.48. The molecule has 4 nitrogen and oxygen atoms in total. The normalized spacial score (nSPS) is 10.5. The Labute approximate surface area is 131 Å². The number of hydrogen-bond acceptors (Lipinski definition) is 2. The Morgan fingerprint density at radius 1 is 1.19 bits per heavy atom. The lowest BCUT2D eigenvalue weighted by atomic mass is 10.1. The first kappa shape index (κ1) is 15.5. The Morgan fingerprint density at radius 2 is 1.86 bits per heavy atom. The molecule has 0 saturated heterocycles. The Balaban J connectivity index is 1.94. The molecular formula is C16H22N4S. The molecule has 0 amide bonds. The number of nitrogens with one attached hydrogen (secondary N) is 2. The van der Waals surface area contributed by atoms with Gasteiger partial charge in [0.1, 0.15) is 0 Å². The third-order valence-electron chi connectivity index (χ3n) is 3.29. The van der Waals surface area contributed by atoms with Gasteiger partial charge in [0.25, 0.3) is 0 Å².